The molecule has 1 unspecified atom stereocenters. The van der Waals surface area contributed by atoms with Crippen molar-refractivity contribution in [3.8, 4) is 11.5 Å². The van der Waals surface area contributed by atoms with Gasteiger partial charge >= 0.3 is 0 Å². The number of hydrogen-bond acceptors (Lipinski definition) is 3. The summed E-state index contributed by atoms with van der Waals surface area (Å²) in [6.07, 6.45) is 0.864. The fourth-order valence-corrected chi connectivity index (χ4v) is 1.87. The van der Waals surface area contributed by atoms with Crippen molar-refractivity contribution in [2.45, 2.75) is 13.0 Å². The van der Waals surface area contributed by atoms with E-state index in [4.69, 9.17) is 4.74 Å². The summed E-state index contributed by atoms with van der Waals surface area (Å²) in [6, 6.07) is 7.63. The van der Waals surface area contributed by atoms with E-state index in [0.717, 1.165) is 0 Å². The van der Waals surface area contributed by atoms with Crippen molar-refractivity contribution in [2.75, 3.05) is 0 Å². The quantitative estimate of drug-likeness (QED) is 0.936. The number of halogens is 2. The molecule has 0 bridgehead atoms. The molecule has 94 valence electrons. The summed E-state index contributed by atoms with van der Waals surface area (Å²) in [6.45, 7) is 1.63. The lowest BCUT2D eigenvalue weighted by Gasteiger charge is -2.08. The Labute approximate surface area is 112 Å². The number of aliphatic hydroxyl groups is 1. The Balaban J connectivity index is 2.18. The molecule has 0 aliphatic rings. The summed E-state index contributed by atoms with van der Waals surface area (Å²) < 4.78 is 19.2. The summed E-state index contributed by atoms with van der Waals surface area (Å²) in [7, 11) is 0. The summed E-state index contributed by atoms with van der Waals surface area (Å²) in [5, 5.41) is 9.32. The van der Waals surface area contributed by atoms with Gasteiger partial charge in [0.15, 0.2) is 0 Å². The molecule has 0 fully saturated rings. The first-order valence-corrected chi connectivity index (χ1v) is 6.12. The highest BCUT2D eigenvalue weighted by atomic mass is 79.9. The molecule has 3 nitrogen and oxygen atoms in total. The number of rotatable bonds is 3. The maximum absolute atomic E-state index is 13.1. The minimum atomic E-state index is -0.623. The van der Waals surface area contributed by atoms with Crippen LogP contribution in [0.15, 0.2) is 41.0 Å². The number of ether oxygens (including phenoxy) is 1. The molecule has 1 aromatic carbocycles. The second kappa shape index (κ2) is 5.46. The van der Waals surface area contributed by atoms with Crippen LogP contribution in [0.2, 0.25) is 0 Å². The molecule has 1 N–H and O–H groups in total. The average molecular weight is 312 g/mol. The van der Waals surface area contributed by atoms with E-state index >= 15 is 0 Å². The van der Waals surface area contributed by atoms with E-state index in [1.807, 2.05) is 0 Å². The normalized spacial score (nSPS) is 12.2. The highest BCUT2D eigenvalue weighted by Crippen LogP contribution is 2.26. The van der Waals surface area contributed by atoms with Crippen LogP contribution < -0.4 is 4.74 Å². The second-order valence-corrected chi connectivity index (χ2v) is 4.72. The zero-order valence-electron chi connectivity index (χ0n) is 9.60. The van der Waals surface area contributed by atoms with Crippen molar-refractivity contribution in [2.24, 2.45) is 0 Å². The van der Waals surface area contributed by atoms with Crippen molar-refractivity contribution < 1.29 is 14.2 Å². The van der Waals surface area contributed by atoms with E-state index in [9.17, 15) is 9.50 Å². The summed E-state index contributed by atoms with van der Waals surface area (Å²) in [5.41, 5.74) is 0.558. The standard InChI is InChI=1S/C13H11BrFNO2/c1-8(17)13-3-2-11(7-16-13)18-12-5-9(14)4-10(15)6-12/h2-8,17H,1H3. The summed E-state index contributed by atoms with van der Waals surface area (Å²) in [4.78, 5) is 4.04. The van der Waals surface area contributed by atoms with Gasteiger partial charge in [0.25, 0.3) is 0 Å². The Hall–Kier alpha value is -1.46. The lowest BCUT2D eigenvalue weighted by atomic mass is 10.2. The van der Waals surface area contributed by atoms with Crippen molar-refractivity contribution in [1.82, 2.24) is 4.98 Å². The maximum atomic E-state index is 13.1. The highest BCUT2D eigenvalue weighted by Gasteiger charge is 2.05. The lowest BCUT2D eigenvalue weighted by molar-refractivity contribution is 0.194. The fraction of sp³-hybridized carbons (Fsp3) is 0.154. The maximum Gasteiger partial charge on any atom is 0.145 e. The predicted octanol–water partition coefficient (Wildman–Crippen LogP) is 3.83. The van der Waals surface area contributed by atoms with Gasteiger partial charge in [-0.3, -0.25) is 4.98 Å². The van der Waals surface area contributed by atoms with Crippen LogP contribution in [0.1, 0.15) is 18.7 Å². The van der Waals surface area contributed by atoms with Gasteiger partial charge in [-0.1, -0.05) is 15.9 Å². The van der Waals surface area contributed by atoms with Crippen molar-refractivity contribution in [3.05, 3.63) is 52.5 Å². The van der Waals surface area contributed by atoms with Gasteiger partial charge in [-0.15, -0.1) is 0 Å². The van der Waals surface area contributed by atoms with E-state index in [1.165, 1.54) is 18.3 Å². The number of aliphatic hydroxyl groups excluding tert-OH is 1. The van der Waals surface area contributed by atoms with Gasteiger partial charge in [0, 0.05) is 10.5 Å². The smallest absolute Gasteiger partial charge is 0.145 e. The molecular weight excluding hydrogens is 301 g/mol. The Bertz CT molecular complexity index is 523. The molecule has 0 spiro atoms. The molecule has 2 aromatic rings. The van der Waals surface area contributed by atoms with Gasteiger partial charge < -0.3 is 9.84 Å². The van der Waals surface area contributed by atoms with Gasteiger partial charge in [0.2, 0.25) is 0 Å². The first kappa shape index (κ1) is 13.0. The highest BCUT2D eigenvalue weighted by molar-refractivity contribution is 9.10. The molecule has 1 atom stereocenters. The third-order valence-corrected chi connectivity index (χ3v) is 2.72. The molecule has 5 heteroatoms. The Morgan fingerprint density at radius 2 is 2.06 bits per heavy atom. The van der Waals surface area contributed by atoms with Crippen LogP contribution in [0.5, 0.6) is 11.5 Å². The van der Waals surface area contributed by atoms with Crippen LogP contribution in [0, 0.1) is 5.82 Å². The van der Waals surface area contributed by atoms with Crippen LogP contribution >= 0.6 is 15.9 Å². The molecule has 1 aromatic heterocycles. The second-order valence-electron chi connectivity index (χ2n) is 3.80. The van der Waals surface area contributed by atoms with Crippen LogP contribution in [0.4, 0.5) is 4.39 Å². The molecular formula is C13H11BrFNO2. The minimum Gasteiger partial charge on any atom is -0.456 e. The van der Waals surface area contributed by atoms with Crippen LogP contribution in [-0.2, 0) is 0 Å². The van der Waals surface area contributed by atoms with E-state index in [1.54, 1.807) is 25.1 Å². The van der Waals surface area contributed by atoms with E-state index < -0.39 is 6.10 Å². The molecule has 0 amide bonds. The van der Waals surface area contributed by atoms with Gasteiger partial charge in [0.05, 0.1) is 18.0 Å². The largest absolute Gasteiger partial charge is 0.456 e. The number of benzene rings is 1. The van der Waals surface area contributed by atoms with E-state index in [2.05, 4.69) is 20.9 Å². The molecule has 0 saturated carbocycles. The number of aromatic nitrogens is 1. The Morgan fingerprint density at radius 1 is 1.28 bits per heavy atom. The predicted molar refractivity (Wildman–Crippen MR) is 69.0 cm³/mol. The number of pyridine rings is 1. The molecule has 0 radical (unpaired) electrons. The van der Waals surface area contributed by atoms with Crippen LogP contribution in [-0.4, -0.2) is 10.1 Å². The molecule has 0 aliphatic carbocycles. The van der Waals surface area contributed by atoms with E-state index in [-0.39, 0.29) is 5.82 Å². The molecule has 1 heterocycles. The fourth-order valence-electron chi connectivity index (χ4n) is 1.42. The lowest BCUT2D eigenvalue weighted by Crippen LogP contribution is -1.95. The minimum absolute atomic E-state index is 0.382. The van der Waals surface area contributed by atoms with Crippen molar-refractivity contribution in [3.63, 3.8) is 0 Å². The topological polar surface area (TPSA) is 42.4 Å². The third kappa shape index (κ3) is 3.27. The van der Waals surface area contributed by atoms with Gasteiger partial charge in [-0.2, -0.15) is 0 Å². The van der Waals surface area contributed by atoms with E-state index in [0.29, 0.717) is 21.7 Å². The first-order valence-electron chi connectivity index (χ1n) is 5.32. The van der Waals surface area contributed by atoms with Crippen LogP contribution in [0.25, 0.3) is 0 Å². The molecule has 0 aliphatic heterocycles. The molecule has 18 heavy (non-hydrogen) atoms. The molecule has 2 rings (SSSR count). The average Bonchev–Trinajstić information content (AvgIpc) is 2.28. The molecule has 0 saturated heterocycles. The van der Waals surface area contributed by atoms with Gasteiger partial charge in [-0.25, -0.2) is 4.39 Å². The SMILES string of the molecule is CC(O)c1ccc(Oc2cc(F)cc(Br)c2)cn1. The zero-order chi connectivity index (χ0) is 13.1. The van der Waals surface area contributed by atoms with Crippen molar-refractivity contribution in [1.29, 1.82) is 0 Å². The third-order valence-electron chi connectivity index (χ3n) is 2.26. The Kier molecular flexibility index (Phi) is 3.93. The Morgan fingerprint density at radius 3 is 2.61 bits per heavy atom. The summed E-state index contributed by atoms with van der Waals surface area (Å²) in [5.74, 6) is 0.485. The van der Waals surface area contributed by atoms with Gasteiger partial charge in [0.1, 0.15) is 17.3 Å². The summed E-state index contributed by atoms with van der Waals surface area (Å²) >= 11 is 3.19. The van der Waals surface area contributed by atoms with Gasteiger partial charge in [-0.05, 0) is 31.2 Å². The first-order chi connectivity index (χ1) is 8.54. The zero-order valence-corrected chi connectivity index (χ0v) is 11.2. The van der Waals surface area contributed by atoms with Crippen LogP contribution in [0.3, 0.4) is 0 Å². The monoisotopic (exact) mass is 311 g/mol. The number of nitrogens with zero attached hydrogens (tertiary/aromatic N) is 1. The van der Waals surface area contributed by atoms with Crippen molar-refractivity contribution >= 4 is 15.9 Å². The number of hydrogen-bond donors (Lipinski definition) is 1.